The molecule has 0 unspecified atom stereocenters. The van der Waals surface area contributed by atoms with Gasteiger partial charge in [-0.05, 0) is 24.6 Å². The lowest BCUT2D eigenvalue weighted by Gasteiger charge is -2.13. The third kappa shape index (κ3) is 3.95. The summed E-state index contributed by atoms with van der Waals surface area (Å²) in [6.07, 6.45) is 3.20. The largest absolute Gasteiger partial charge is 0.288 e. The summed E-state index contributed by atoms with van der Waals surface area (Å²) in [6, 6.07) is 4.85. The molecule has 1 aromatic heterocycles. The summed E-state index contributed by atoms with van der Waals surface area (Å²) in [5.74, 6) is -4.02. The first kappa shape index (κ1) is 20.1. The first-order chi connectivity index (χ1) is 13.2. The van der Waals surface area contributed by atoms with E-state index < -0.39 is 43.7 Å². The maximum atomic E-state index is 14.4. The van der Waals surface area contributed by atoms with Crippen LogP contribution < -0.4 is 4.72 Å². The second-order valence-electron chi connectivity index (χ2n) is 5.92. The van der Waals surface area contributed by atoms with E-state index in [0.29, 0.717) is 23.5 Å². The number of carbonyl (C=O) groups excluding carboxylic acids is 1. The fourth-order valence-electron chi connectivity index (χ4n) is 2.61. The van der Waals surface area contributed by atoms with Gasteiger partial charge in [0.25, 0.3) is 0 Å². The van der Waals surface area contributed by atoms with Crippen LogP contribution in [-0.4, -0.2) is 29.9 Å². The zero-order valence-electron chi connectivity index (χ0n) is 14.5. The molecule has 0 radical (unpaired) electrons. The van der Waals surface area contributed by atoms with Crippen molar-refractivity contribution in [3.8, 4) is 0 Å². The topological polar surface area (TPSA) is 89.0 Å². The summed E-state index contributed by atoms with van der Waals surface area (Å²) in [7, 11) is -3.83. The number of halogens is 3. The van der Waals surface area contributed by atoms with Crippen LogP contribution in [0.2, 0.25) is 5.02 Å². The number of nitrogens with one attached hydrogen (secondary N) is 1. The fraction of sp³-hybridized carbons (Fsp3) is 0.167. The number of hydrogen-bond acceptors (Lipinski definition) is 5. The number of anilines is 1. The molecule has 3 rings (SSSR count). The molecule has 0 fully saturated rings. The smallest absolute Gasteiger partial charge is 0.232 e. The van der Waals surface area contributed by atoms with E-state index in [4.69, 9.17) is 11.6 Å². The van der Waals surface area contributed by atoms with Crippen molar-refractivity contribution < 1.29 is 22.0 Å². The summed E-state index contributed by atoms with van der Waals surface area (Å²) < 4.78 is 54.5. The summed E-state index contributed by atoms with van der Waals surface area (Å²) in [5.41, 5.74) is -0.276. The van der Waals surface area contributed by atoms with Gasteiger partial charge in [-0.15, -0.1) is 0 Å². The Bertz CT molecular complexity index is 1190. The summed E-state index contributed by atoms with van der Waals surface area (Å²) in [4.78, 5) is 20.9. The van der Waals surface area contributed by atoms with Gasteiger partial charge in [0.15, 0.2) is 17.4 Å². The predicted octanol–water partition coefficient (Wildman–Crippen LogP) is 3.94. The minimum atomic E-state index is -3.83. The third-order valence-corrected chi connectivity index (χ3v) is 5.72. The van der Waals surface area contributed by atoms with E-state index >= 15 is 0 Å². The SMILES string of the molecule is CCCS(=O)(=O)Nc1cc(F)c(F)c(C(=O)c2ccc3nccnc3c2)c1Cl. The highest BCUT2D eigenvalue weighted by atomic mass is 35.5. The molecule has 0 saturated heterocycles. The van der Waals surface area contributed by atoms with Gasteiger partial charge in [-0.3, -0.25) is 19.5 Å². The van der Waals surface area contributed by atoms with Gasteiger partial charge < -0.3 is 0 Å². The van der Waals surface area contributed by atoms with Crippen LogP contribution in [0.5, 0.6) is 0 Å². The number of rotatable bonds is 6. The van der Waals surface area contributed by atoms with Gasteiger partial charge in [0.1, 0.15) is 0 Å². The second kappa shape index (κ2) is 7.76. The maximum absolute atomic E-state index is 14.4. The van der Waals surface area contributed by atoms with E-state index in [9.17, 15) is 22.0 Å². The molecule has 1 N–H and O–H groups in total. The Labute approximate surface area is 164 Å². The standard InChI is InChI=1S/C18H14ClF2N3O3S/c1-2-7-28(26,27)24-14-9-11(20)17(21)15(16(14)19)18(25)10-3-4-12-13(8-10)23-6-5-22-12/h3-6,8-9,24H,2,7H2,1H3. The lowest BCUT2D eigenvalue weighted by molar-refractivity contribution is 0.103. The van der Waals surface area contributed by atoms with Gasteiger partial charge in [-0.2, -0.15) is 0 Å². The van der Waals surface area contributed by atoms with Crippen molar-refractivity contribution in [3.63, 3.8) is 0 Å². The van der Waals surface area contributed by atoms with E-state index in [1.807, 2.05) is 0 Å². The number of fused-ring (bicyclic) bond motifs is 1. The van der Waals surface area contributed by atoms with Crippen LogP contribution >= 0.6 is 11.6 Å². The Morgan fingerprint density at radius 2 is 1.82 bits per heavy atom. The zero-order chi connectivity index (χ0) is 20.5. The number of aromatic nitrogens is 2. The van der Waals surface area contributed by atoms with Crippen LogP contribution in [0.1, 0.15) is 29.3 Å². The van der Waals surface area contributed by atoms with Gasteiger partial charge >= 0.3 is 0 Å². The second-order valence-corrected chi connectivity index (χ2v) is 8.14. The molecular formula is C18H14ClF2N3O3S. The highest BCUT2D eigenvalue weighted by Gasteiger charge is 2.26. The fourth-order valence-corrected chi connectivity index (χ4v) is 4.08. The van der Waals surface area contributed by atoms with Gasteiger partial charge in [0, 0.05) is 24.0 Å². The highest BCUT2D eigenvalue weighted by Crippen LogP contribution is 2.33. The van der Waals surface area contributed by atoms with E-state index in [1.165, 1.54) is 30.6 Å². The summed E-state index contributed by atoms with van der Waals surface area (Å²) >= 11 is 6.07. The molecule has 0 spiro atoms. The van der Waals surface area contributed by atoms with Crippen molar-refractivity contribution in [3.05, 3.63) is 64.4 Å². The van der Waals surface area contributed by atoms with Crippen LogP contribution in [0.4, 0.5) is 14.5 Å². The molecule has 0 aliphatic carbocycles. The first-order valence-corrected chi connectivity index (χ1v) is 10.2. The Morgan fingerprint density at radius 3 is 2.50 bits per heavy atom. The number of hydrogen-bond donors (Lipinski definition) is 1. The lowest BCUT2D eigenvalue weighted by atomic mass is 10.0. The molecule has 0 amide bonds. The van der Waals surface area contributed by atoms with Crippen molar-refractivity contribution in [2.75, 3.05) is 10.5 Å². The van der Waals surface area contributed by atoms with Crippen LogP contribution in [0.15, 0.2) is 36.7 Å². The number of carbonyl (C=O) groups is 1. The minimum Gasteiger partial charge on any atom is -0.288 e. The molecule has 2 aromatic carbocycles. The molecule has 10 heteroatoms. The van der Waals surface area contributed by atoms with Gasteiger partial charge in [-0.1, -0.05) is 18.5 Å². The van der Waals surface area contributed by atoms with E-state index in [0.717, 1.165) is 0 Å². The molecule has 0 saturated carbocycles. The molecule has 0 aliphatic rings. The molecule has 3 aromatic rings. The Kier molecular flexibility index (Phi) is 5.57. The molecule has 0 aliphatic heterocycles. The van der Waals surface area contributed by atoms with Crippen molar-refractivity contribution in [1.82, 2.24) is 9.97 Å². The van der Waals surface area contributed by atoms with Crippen LogP contribution in [0.3, 0.4) is 0 Å². The van der Waals surface area contributed by atoms with E-state index in [-0.39, 0.29) is 11.3 Å². The molecule has 0 atom stereocenters. The van der Waals surface area contributed by atoms with Gasteiger partial charge in [0.2, 0.25) is 10.0 Å². The lowest BCUT2D eigenvalue weighted by Crippen LogP contribution is -2.18. The van der Waals surface area contributed by atoms with Crippen molar-refractivity contribution in [1.29, 1.82) is 0 Å². The number of ketones is 1. The quantitative estimate of drug-likeness (QED) is 0.477. The number of benzene rings is 2. The summed E-state index contributed by atoms with van der Waals surface area (Å²) in [5, 5.41) is -0.525. The zero-order valence-corrected chi connectivity index (χ0v) is 16.1. The Balaban J connectivity index is 2.10. The Hall–Kier alpha value is -2.65. The maximum Gasteiger partial charge on any atom is 0.232 e. The Morgan fingerprint density at radius 1 is 1.14 bits per heavy atom. The number of sulfonamides is 1. The molecule has 146 valence electrons. The van der Waals surface area contributed by atoms with Crippen molar-refractivity contribution in [2.24, 2.45) is 0 Å². The van der Waals surface area contributed by atoms with Crippen molar-refractivity contribution in [2.45, 2.75) is 13.3 Å². The van der Waals surface area contributed by atoms with Gasteiger partial charge in [-0.25, -0.2) is 17.2 Å². The van der Waals surface area contributed by atoms with E-state index in [1.54, 1.807) is 6.92 Å². The van der Waals surface area contributed by atoms with Crippen molar-refractivity contribution >= 4 is 44.1 Å². The molecular weight excluding hydrogens is 412 g/mol. The highest BCUT2D eigenvalue weighted by molar-refractivity contribution is 7.92. The average Bonchev–Trinajstić information content (AvgIpc) is 2.65. The molecule has 0 bridgehead atoms. The molecule has 1 heterocycles. The minimum absolute atomic E-state index is 0.00163. The van der Waals surface area contributed by atoms with Crippen LogP contribution in [-0.2, 0) is 10.0 Å². The third-order valence-electron chi connectivity index (χ3n) is 3.85. The number of nitrogens with zero attached hydrogens (tertiary/aromatic N) is 2. The predicted molar refractivity (Wildman–Crippen MR) is 102 cm³/mol. The van der Waals surface area contributed by atoms with Crippen LogP contribution in [0, 0.1) is 11.6 Å². The first-order valence-electron chi connectivity index (χ1n) is 8.17. The monoisotopic (exact) mass is 425 g/mol. The normalized spacial score (nSPS) is 11.6. The average molecular weight is 426 g/mol. The van der Waals surface area contributed by atoms with Crippen LogP contribution in [0.25, 0.3) is 11.0 Å². The molecule has 28 heavy (non-hydrogen) atoms. The molecule has 6 nitrogen and oxygen atoms in total. The van der Waals surface area contributed by atoms with E-state index in [2.05, 4.69) is 14.7 Å². The summed E-state index contributed by atoms with van der Waals surface area (Å²) in [6.45, 7) is 1.64. The van der Waals surface area contributed by atoms with Gasteiger partial charge in [0.05, 0.1) is 33.1 Å².